The maximum absolute atomic E-state index is 11.8. The summed E-state index contributed by atoms with van der Waals surface area (Å²) in [6, 6.07) is 8.10. The van der Waals surface area contributed by atoms with Crippen LogP contribution >= 0.6 is 0 Å². The van der Waals surface area contributed by atoms with E-state index in [0.717, 1.165) is 24.7 Å². The summed E-state index contributed by atoms with van der Waals surface area (Å²) in [5.41, 5.74) is 7.44. The first-order chi connectivity index (χ1) is 9.83. The highest BCUT2D eigenvalue weighted by Crippen LogP contribution is 2.24. The fourth-order valence-electron chi connectivity index (χ4n) is 2.64. The highest BCUT2D eigenvalue weighted by Gasteiger charge is 2.17. The van der Waals surface area contributed by atoms with Gasteiger partial charge in [0, 0.05) is 36.4 Å². The van der Waals surface area contributed by atoms with Gasteiger partial charge in [-0.2, -0.15) is 0 Å². The molecule has 1 saturated heterocycles. The molecular formula is C17H27N3O. The SMILES string of the molecule is CC1CCN(c2ccc(NC(=O)CC(C)(C)N)cc2)CC1. The largest absolute Gasteiger partial charge is 0.372 e. The van der Waals surface area contributed by atoms with Crippen molar-refractivity contribution in [1.82, 2.24) is 0 Å². The zero-order valence-corrected chi connectivity index (χ0v) is 13.4. The van der Waals surface area contributed by atoms with Gasteiger partial charge in [-0.3, -0.25) is 4.79 Å². The van der Waals surface area contributed by atoms with E-state index in [0.29, 0.717) is 6.42 Å². The molecule has 0 saturated carbocycles. The average molecular weight is 289 g/mol. The van der Waals surface area contributed by atoms with Crippen molar-refractivity contribution in [1.29, 1.82) is 0 Å². The van der Waals surface area contributed by atoms with Gasteiger partial charge in [-0.05, 0) is 56.9 Å². The molecule has 0 aromatic heterocycles. The molecule has 1 aliphatic heterocycles. The van der Waals surface area contributed by atoms with E-state index in [1.807, 2.05) is 26.0 Å². The number of rotatable bonds is 4. The molecule has 0 radical (unpaired) electrons. The molecular weight excluding hydrogens is 262 g/mol. The summed E-state index contributed by atoms with van der Waals surface area (Å²) in [4.78, 5) is 14.3. The van der Waals surface area contributed by atoms with Gasteiger partial charge in [-0.25, -0.2) is 0 Å². The number of benzene rings is 1. The molecule has 0 bridgehead atoms. The number of hydrogen-bond donors (Lipinski definition) is 2. The van der Waals surface area contributed by atoms with E-state index in [-0.39, 0.29) is 5.91 Å². The minimum atomic E-state index is -0.478. The van der Waals surface area contributed by atoms with Gasteiger partial charge in [0.15, 0.2) is 0 Å². The smallest absolute Gasteiger partial charge is 0.226 e. The highest BCUT2D eigenvalue weighted by molar-refractivity contribution is 5.91. The molecule has 0 aliphatic carbocycles. The summed E-state index contributed by atoms with van der Waals surface area (Å²) >= 11 is 0. The van der Waals surface area contributed by atoms with Crippen LogP contribution in [0.5, 0.6) is 0 Å². The summed E-state index contributed by atoms with van der Waals surface area (Å²) in [6.45, 7) is 8.26. The van der Waals surface area contributed by atoms with Crippen molar-refractivity contribution in [3.8, 4) is 0 Å². The molecule has 116 valence electrons. The number of carbonyl (C=O) groups is 1. The molecule has 1 aromatic rings. The van der Waals surface area contributed by atoms with Gasteiger partial charge in [0.2, 0.25) is 5.91 Å². The summed E-state index contributed by atoms with van der Waals surface area (Å²) in [7, 11) is 0. The van der Waals surface area contributed by atoms with Gasteiger partial charge in [-0.15, -0.1) is 0 Å². The van der Waals surface area contributed by atoms with Crippen LogP contribution < -0.4 is 16.0 Å². The zero-order valence-electron chi connectivity index (χ0n) is 13.4. The predicted octanol–water partition coefficient (Wildman–Crippen LogP) is 2.99. The number of amides is 1. The quantitative estimate of drug-likeness (QED) is 0.896. The number of nitrogens with one attached hydrogen (secondary N) is 1. The topological polar surface area (TPSA) is 58.4 Å². The van der Waals surface area contributed by atoms with Gasteiger partial charge in [-0.1, -0.05) is 6.92 Å². The van der Waals surface area contributed by atoms with Gasteiger partial charge >= 0.3 is 0 Å². The number of carbonyl (C=O) groups excluding carboxylic acids is 1. The molecule has 0 atom stereocenters. The number of anilines is 2. The van der Waals surface area contributed by atoms with Crippen LogP contribution in [0, 0.1) is 5.92 Å². The minimum absolute atomic E-state index is 0.0398. The second-order valence-corrected chi connectivity index (χ2v) is 6.93. The van der Waals surface area contributed by atoms with Crippen molar-refractivity contribution in [2.24, 2.45) is 11.7 Å². The normalized spacial score (nSPS) is 16.9. The Morgan fingerprint density at radius 1 is 1.29 bits per heavy atom. The molecule has 21 heavy (non-hydrogen) atoms. The van der Waals surface area contributed by atoms with E-state index in [4.69, 9.17) is 5.73 Å². The molecule has 1 aliphatic rings. The predicted molar refractivity (Wildman–Crippen MR) is 88.6 cm³/mol. The Hall–Kier alpha value is -1.55. The van der Waals surface area contributed by atoms with Crippen LogP contribution in [-0.4, -0.2) is 24.5 Å². The Labute approximate surface area is 127 Å². The van der Waals surface area contributed by atoms with Crippen molar-refractivity contribution < 1.29 is 4.79 Å². The molecule has 0 spiro atoms. The Morgan fingerprint density at radius 3 is 2.38 bits per heavy atom. The van der Waals surface area contributed by atoms with Crippen molar-refractivity contribution in [3.63, 3.8) is 0 Å². The molecule has 1 amide bonds. The average Bonchev–Trinajstić information content (AvgIpc) is 2.38. The van der Waals surface area contributed by atoms with Crippen LogP contribution in [-0.2, 0) is 4.79 Å². The fraction of sp³-hybridized carbons (Fsp3) is 0.588. The fourth-order valence-corrected chi connectivity index (χ4v) is 2.64. The van der Waals surface area contributed by atoms with E-state index in [2.05, 4.69) is 29.3 Å². The van der Waals surface area contributed by atoms with E-state index >= 15 is 0 Å². The first-order valence-corrected chi connectivity index (χ1v) is 7.77. The summed E-state index contributed by atoms with van der Waals surface area (Å²) in [6.07, 6.45) is 2.83. The Morgan fingerprint density at radius 2 is 1.86 bits per heavy atom. The molecule has 0 unspecified atom stereocenters. The second kappa shape index (κ2) is 6.48. The first-order valence-electron chi connectivity index (χ1n) is 7.77. The molecule has 1 heterocycles. The molecule has 2 rings (SSSR count). The number of piperidine rings is 1. The van der Waals surface area contributed by atoms with Crippen LogP contribution in [0.3, 0.4) is 0 Å². The van der Waals surface area contributed by atoms with E-state index in [1.54, 1.807) is 0 Å². The lowest BCUT2D eigenvalue weighted by molar-refractivity contribution is -0.117. The third kappa shape index (κ3) is 5.05. The highest BCUT2D eigenvalue weighted by atomic mass is 16.1. The van der Waals surface area contributed by atoms with Crippen molar-refractivity contribution >= 4 is 17.3 Å². The summed E-state index contributed by atoms with van der Waals surface area (Å²) < 4.78 is 0. The zero-order chi connectivity index (χ0) is 15.5. The molecule has 4 nitrogen and oxygen atoms in total. The lowest BCUT2D eigenvalue weighted by Crippen LogP contribution is -2.36. The van der Waals surface area contributed by atoms with Crippen LogP contribution in [0.15, 0.2) is 24.3 Å². The maximum Gasteiger partial charge on any atom is 0.226 e. The molecule has 1 aromatic carbocycles. The Kier molecular flexibility index (Phi) is 4.88. The number of nitrogens with zero attached hydrogens (tertiary/aromatic N) is 1. The number of hydrogen-bond acceptors (Lipinski definition) is 3. The molecule has 1 fully saturated rings. The van der Waals surface area contributed by atoms with E-state index in [1.165, 1.54) is 18.5 Å². The third-order valence-corrected chi connectivity index (χ3v) is 3.92. The number of nitrogens with two attached hydrogens (primary N) is 1. The van der Waals surface area contributed by atoms with Crippen LogP contribution in [0.2, 0.25) is 0 Å². The van der Waals surface area contributed by atoms with Crippen molar-refractivity contribution in [3.05, 3.63) is 24.3 Å². The Balaban J connectivity index is 1.91. The molecule has 3 N–H and O–H groups in total. The lowest BCUT2D eigenvalue weighted by atomic mass is 9.99. The van der Waals surface area contributed by atoms with Gasteiger partial charge in [0.25, 0.3) is 0 Å². The van der Waals surface area contributed by atoms with Crippen molar-refractivity contribution in [2.75, 3.05) is 23.3 Å². The monoisotopic (exact) mass is 289 g/mol. The van der Waals surface area contributed by atoms with E-state index < -0.39 is 5.54 Å². The lowest BCUT2D eigenvalue weighted by Gasteiger charge is -2.32. The van der Waals surface area contributed by atoms with Gasteiger partial charge in [0.1, 0.15) is 0 Å². The third-order valence-electron chi connectivity index (χ3n) is 3.92. The first kappa shape index (κ1) is 15.8. The summed E-state index contributed by atoms with van der Waals surface area (Å²) in [5, 5.41) is 2.90. The van der Waals surface area contributed by atoms with Crippen LogP contribution in [0.1, 0.15) is 40.0 Å². The van der Waals surface area contributed by atoms with Gasteiger partial charge in [0.05, 0.1) is 0 Å². The summed E-state index contributed by atoms with van der Waals surface area (Å²) in [5.74, 6) is 0.793. The van der Waals surface area contributed by atoms with Crippen molar-refractivity contribution in [2.45, 2.75) is 45.6 Å². The van der Waals surface area contributed by atoms with Crippen LogP contribution in [0.25, 0.3) is 0 Å². The minimum Gasteiger partial charge on any atom is -0.372 e. The standard InChI is InChI=1S/C17H27N3O/c1-13-8-10-20(11-9-13)15-6-4-14(5-7-15)19-16(21)12-17(2,3)18/h4-7,13H,8-12,18H2,1-3H3,(H,19,21). The molecule has 4 heteroatoms. The van der Waals surface area contributed by atoms with E-state index in [9.17, 15) is 4.79 Å². The second-order valence-electron chi connectivity index (χ2n) is 6.93. The van der Waals surface area contributed by atoms with Crippen LogP contribution in [0.4, 0.5) is 11.4 Å². The Bertz CT molecular complexity index is 468. The maximum atomic E-state index is 11.8. The van der Waals surface area contributed by atoms with Gasteiger partial charge < -0.3 is 16.0 Å².